The number of aliphatic hydroxyl groups excluding tert-OH is 7. The number of carbonyl (C=O) groups is 1. The lowest BCUT2D eigenvalue weighted by Crippen LogP contribution is -2.61. The molecule has 0 aromatic carbocycles. The molecule has 0 bridgehead atoms. The van der Waals surface area contributed by atoms with Crippen LogP contribution in [0.3, 0.4) is 0 Å². The summed E-state index contributed by atoms with van der Waals surface area (Å²) in [6, 6.07) is 0. The smallest absolute Gasteiger partial charge is 0.306 e. The van der Waals surface area contributed by atoms with E-state index in [0.29, 0.717) is 13.0 Å². The average Bonchev–Trinajstić information content (AvgIpc) is 3.40. The maximum Gasteiger partial charge on any atom is 0.306 e. The Morgan fingerprint density at radius 2 is 0.838 bits per heavy atom. The molecule has 74 heavy (non-hydrogen) atoms. The zero-order chi connectivity index (χ0) is 53.7. The summed E-state index contributed by atoms with van der Waals surface area (Å²) < 4.78 is 34.4. The molecule has 14 heteroatoms. The van der Waals surface area contributed by atoms with Crippen LogP contribution in [0.25, 0.3) is 0 Å². The van der Waals surface area contributed by atoms with E-state index in [9.17, 15) is 40.5 Å². The Hall–Kier alpha value is -1.79. The van der Waals surface area contributed by atoms with Gasteiger partial charge in [0.2, 0.25) is 0 Å². The Morgan fingerprint density at radius 3 is 1.31 bits per heavy atom. The van der Waals surface area contributed by atoms with Gasteiger partial charge in [-0.2, -0.15) is 0 Å². The average molecular weight is 1060 g/mol. The van der Waals surface area contributed by atoms with Gasteiger partial charge >= 0.3 is 5.97 Å². The van der Waals surface area contributed by atoms with Crippen LogP contribution in [-0.2, 0) is 33.2 Å². The van der Waals surface area contributed by atoms with Gasteiger partial charge in [-0.15, -0.1) is 0 Å². The first-order valence-corrected chi connectivity index (χ1v) is 30.1. The largest absolute Gasteiger partial charge is 0.457 e. The molecule has 11 atom stereocenters. The molecule has 0 saturated carbocycles. The summed E-state index contributed by atoms with van der Waals surface area (Å²) in [7, 11) is 0. The van der Waals surface area contributed by atoms with Crippen LogP contribution in [0.1, 0.15) is 239 Å². The number of ether oxygens (including phenoxy) is 6. The molecule has 0 aromatic heterocycles. The number of carbonyl (C=O) groups excluding carboxylic acids is 1. The Morgan fingerprint density at radius 1 is 0.446 bits per heavy atom. The van der Waals surface area contributed by atoms with Crippen LogP contribution < -0.4 is 0 Å². The van der Waals surface area contributed by atoms with Crippen molar-refractivity contribution >= 4 is 5.97 Å². The monoisotopic (exact) mass is 1050 g/mol. The molecule has 0 aromatic rings. The summed E-state index contributed by atoms with van der Waals surface area (Å²) in [5.41, 5.74) is 0. The van der Waals surface area contributed by atoms with Gasteiger partial charge in [-0.3, -0.25) is 4.79 Å². The molecule has 0 spiro atoms. The summed E-state index contributed by atoms with van der Waals surface area (Å²) in [5.74, 6) is -0.383. The van der Waals surface area contributed by atoms with Crippen molar-refractivity contribution in [3.05, 3.63) is 36.5 Å². The standard InChI is InChI=1S/C60H110O14/c1-3-5-7-9-11-13-15-17-19-20-21-22-23-24-25-26-27-28-29-30-32-34-36-38-40-42-44-69-46-49(72-52(62)43-41-39-37-35-33-31-18-16-14-12-10-8-6-4-2)47-70-59-58(68)56(66)54(64)51(74-59)48-71-60-57(67)55(65)53(63)50(45-61)73-60/h15-18,20-21,49-51,53-61,63-68H,3-14,19,22-48H2,1-2H3/b17-15-,18-16-,21-20-. The summed E-state index contributed by atoms with van der Waals surface area (Å²) in [5, 5.41) is 72.3. The minimum Gasteiger partial charge on any atom is -0.457 e. The third-order valence-corrected chi connectivity index (χ3v) is 14.4. The Kier molecular flexibility index (Phi) is 43.6. The van der Waals surface area contributed by atoms with Gasteiger partial charge in [-0.05, 0) is 70.6 Å². The Bertz CT molecular complexity index is 1360. The maximum absolute atomic E-state index is 13.0. The molecule has 2 saturated heterocycles. The molecule has 2 aliphatic rings. The first kappa shape index (κ1) is 68.3. The van der Waals surface area contributed by atoms with Crippen molar-refractivity contribution in [3.8, 4) is 0 Å². The van der Waals surface area contributed by atoms with Crippen LogP contribution >= 0.6 is 0 Å². The second-order valence-corrected chi connectivity index (χ2v) is 21.2. The fraction of sp³-hybridized carbons (Fsp3) is 0.883. The van der Waals surface area contributed by atoms with E-state index in [2.05, 4.69) is 50.3 Å². The second-order valence-electron chi connectivity index (χ2n) is 21.2. The number of rotatable bonds is 49. The lowest BCUT2D eigenvalue weighted by Gasteiger charge is -2.42. The molecule has 0 radical (unpaired) electrons. The van der Waals surface area contributed by atoms with E-state index in [-0.39, 0.29) is 25.6 Å². The summed E-state index contributed by atoms with van der Waals surface area (Å²) in [4.78, 5) is 13.0. The highest BCUT2D eigenvalue weighted by molar-refractivity contribution is 5.69. The second kappa shape index (κ2) is 47.2. The molecule has 2 aliphatic heterocycles. The zero-order valence-electron chi connectivity index (χ0n) is 46.6. The molecule has 2 heterocycles. The third kappa shape index (κ3) is 33.5. The molecule has 7 N–H and O–H groups in total. The Labute approximate surface area is 449 Å². The van der Waals surface area contributed by atoms with E-state index in [1.807, 2.05) is 0 Å². The van der Waals surface area contributed by atoms with Crippen molar-refractivity contribution < 1.29 is 69.0 Å². The van der Waals surface area contributed by atoms with Crippen LogP contribution in [0.5, 0.6) is 0 Å². The highest BCUT2D eigenvalue weighted by Gasteiger charge is 2.47. The van der Waals surface area contributed by atoms with Gasteiger partial charge in [0.15, 0.2) is 12.6 Å². The third-order valence-electron chi connectivity index (χ3n) is 14.4. The van der Waals surface area contributed by atoms with Crippen LogP contribution in [0, 0.1) is 0 Å². The number of aliphatic hydroxyl groups is 7. The van der Waals surface area contributed by atoms with Crippen molar-refractivity contribution in [3.63, 3.8) is 0 Å². The van der Waals surface area contributed by atoms with Gasteiger partial charge in [0, 0.05) is 13.0 Å². The molecule has 14 nitrogen and oxygen atoms in total. The normalized spacial score (nSPS) is 25.0. The van der Waals surface area contributed by atoms with Gasteiger partial charge in [-0.25, -0.2) is 0 Å². The van der Waals surface area contributed by atoms with Gasteiger partial charge in [0.1, 0.15) is 54.9 Å². The van der Waals surface area contributed by atoms with Crippen LogP contribution in [0.2, 0.25) is 0 Å². The van der Waals surface area contributed by atoms with E-state index >= 15 is 0 Å². The van der Waals surface area contributed by atoms with E-state index < -0.39 is 80.7 Å². The lowest BCUT2D eigenvalue weighted by molar-refractivity contribution is -0.332. The quantitative estimate of drug-likeness (QED) is 0.0172. The van der Waals surface area contributed by atoms with E-state index in [4.69, 9.17) is 28.4 Å². The van der Waals surface area contributed by atoms with Gasteiger partial charge in [0.25, 0.3) is 0 Å². The highest BCUT2D eigenvalue weighted by Crippen LogP contribution is 2.27. The minimum atomic E-state index is -1.71. The van der Waals surface area contributed by atoms with Crippen molar-refractivity contribution in [1.29, 1.82) is 0 Å². The number of allylic oxidation sites excluding steroid dienone is 6. The van der Waals surface area contributed by atoms with Crippen molar-refractivity contribution in [1.82, 2.24) is 0 Å². The fourth-order valence-corrected chi connectivity index (χ4v) is 9.49. The first-order valence-electron chi connectivity index (χ1n) is 30.1. The summed E-state index contributed by atoms with van der Waals surface area (Å²) in [6.45, 7) is 3.69. The molecule has 2 fully saturated rings. The van der Waals surface area contributed by atoms with Crippen LogP contribution in [0.15, 0.2) is 36.5 Å². The van der Waals surface area contributed by atoms with E-state index in [0.717, 1.165) is 64.2 Å². The summed E-state index contributed by atoms with van der Waals surface area (Å²) in [6.07, 6.45) is 39.3. The van der Waals surface area contributed by atoms with Crippen LogP contribution in [-0.4, -0.2) is 142 Å². The fourth-order valence-electron chi connectivity index (χ4n) is 9.49. The van der Waals surface area contributed by atoms with Crippen molar-refractivity contribution in [2.45, 2.75) is 306 Å². The number of hydrogen-bond acceptors (Lipinski definition) is 14. The van der Waals surface area contributed by atoms with Gasteiger partial charge in [-0.1, -0.05) is 198 Å². The molecule has 0 aliphatic carbocycles. The number of esters is 1. The Balaban J connectivity index is 1.66. The molecular formula is C60H110O14. The van der Waals surface area contributed by atoms with Gasteiger partial charge < -0.3 is 64.2 Å². The highest BCUT2D eigenvalue weighted by atomic mass is 16.7. The summed E-state index contributed by atoms with van der Waals surface area (Å²) >= 11 is 0. The molecule has 434 valence electrons. The molecular weight excluding hydrogens is 945 g/mol. The van der Waals surface area contributed by atoms with Crippen molar-refractivity contribution in [2.75, 3.05) is 33.0 Å². The lowest BCUT2D eigenvalue weighted by atomic mass is 9.98. The van der Waals surface area contributed by atoms with Gasteiger partial charge in [0.05, 0.1) is 26.4 Å². The first-order chi connectivity index (χ1) is 36.1. The van der Waals surface area contributed by atoms with Crippen molar-refractivity contribution in [2.24, 2.45) is 0 Å². The predicted molar refractivity (Wildman–Crippen MR) is 293 cm³/mol. The SMILES string of the molecule is CCCCCCC/C=C\C/C=C\CCCCCCCCCCCCCCCCOCC(COC1OC(COC2OC(CO)C(O)C(O)C2O)C(O)C(O)C1O)OC(=O)CCCCCCC/C=C\CCCCCCC. The minimum absolute atomic E-state index is 0.0600. The predicted octanol–water partition coefficient (Wildman–Crippen LogP) is 10.9. The molecule has 11 unspecified atom stereocenters. The molecule has 0 amide bonds. The number of hydrogen-bond donors (Lipinski definition) is 7. The van der Waals surface area contributed by atoms with E-state index in [1.54, 1.807) is 0 Å². The maximum atomic E-state index is 13.0. The zero-order valence-corrected chi connectivity index (χ0v) is 46.6. The number of unbranched alkanes of at least 4 members (excludes halogenated alkanes) is 29. The molecule has 2 rings (SSSR count). The van der Waals surface area contributed by atoms with Crippen LogP contribution in [0.4, 0.5) is 0 Å². The topological polar surface area (TPSA) is 214 Å². The van der Waals surface area contributed by atoms with E-state index in [1.165, 1.54) is 148 Å².